The molecule has 0 spiro atoms. The Morgan fingerprint density at radius 1 is 1.33 bits per heavy atom. The van der Waals surface area contributed by atoms with Gasteiger partial charge in [-0.15, -0.1) is 0 Å². The van der Waals surface area contributed by atoms with Crippen molar-refractivity contribution in [1.29, 1.82) is 0 Å². The topological polar surface area (TPSA) is 58.4 Å². The van der Waals surface area contributed by atoms with Crippen LogP contribution in [0.4, 0.5) is 5.69 Å². The largest absolute Gasteiger partial charge is 0.368 e. The maximum atomic E-state index is 11.7. The number of nitrogens with two attached hydrogens (primary N) is 1. The molecule has 2 rings (SSSR count). The Balaban J connectivity index is 2.23. The fourth-order valence-electron chi connectivity index (χ4n) is 2.82. The van der Waals surface area contributed by atoms with Gasteiger partial charge < -0.3 is 16.0 Å². The van der Waals surface area contributed by atoms with Crippen LogP contribution in [0.5, 0.6) is 0 Å². The van der Waals surface area contributed by atoms with Crippen LogP contribution in [-0.2, 0) is 11.3 Å². The molecule has 1 fully saturated rings. The van der Waals surface area contributed by atoms with Crippen molar-refractivity contribution < 1.29 is 4.79 Å². The number of carbonyl (C=O) groups is 1. The van der Waals surface area contributed by atoms with Crippen molar-refractivity contribution in [2.45, 2.75) is 58.2 Å². The molecule has 0 aliphatic carbocycles. The zero-order chi connectivity index (χ0) is 15.5. The van der Waals surface area contributed by atoms with E-state index in [0.29, 0.717) is 0 Å². The van der Waals surface area contributed by atoms with Gasteiger partial charge in [-0.3, -0.25) is 4.79 Å². The fraction of sp³-hybridized carbons (Fsp3) is 0.588. The van der Waals surface area contributed by atoms with Crippen LogP contribution in [0.3, 0.4) is 0 Å². The van der Waals surface area contributed by atoms with E-state index < -0.39 is 0 Å². The molecule has 1 aromatic rings. The maximum absolute atomic E-state index is 11.7. The molecule has 1 saturated heterocycles. The Morgan fingerprint density at radius 2 is 2.05 bits per heavy atom. The minimum absolute atomic E-state index is 0.0676. The number of amides is 1. The van der Waals surface area contributed by atoms with Gasteiger partial charge in [-0.05, 0) is 51.7 Å². The van der Waals surface area contributed by atoms with Crippen LogP contribution in [0.1, 0.15) is 45.6 Å². The highest BCUT2D eigenvalue weighted by atomic mass is 16.1. The highest BCUT2D eigenvalue weighted by molar-refractivity contribution is 5.84. The molecule has 116 valence electrons. The van der Waals surface area contributed by atoms with Crippen molar-refractivity contribution >= 4 is 11.6 Å². The molecule has 1 aromatic carbocycles. The number of rotatable bonds is 4. The molecular formula is C17H27N3O. The molecule has 4 nitrogen and oxygen atoms in total. The Bertz CT molecular complexity index is 493. The standard InChI is InChI=1S/C17H27N3O/c1-17(2,3)19-12-13-8-4-5-9-14(13)20-11-7-6-10-15(20)16(18)21/h4-5,8-9,15,19H,6-7,10-12H2,1-3H3,(H2,18,21). The van der Waals surface area contributed by atoms with E-state index in [0.717, 1.165) is 38.0 Å². The third-order valence-electron chi connectivity index (χ3n) is 3.94. The normalized spacial score (nSPS) is 19.6. The van der Waals surface area contributed by atoms with Gasteiger partial charge in [-0.1, -0.05) is 18.2 Å². The van der Waals surface area contributed by atoms with Crippen molar-refractivity contribution in [2.24, 2.45) is 5.73 Å². The first kappa shape index (κ1) is 15.8. The molecule has 1 unspecified atom stereocenters. The predicted molar refractivity (Wildman–Crippen MR) is 87.2 cm³/mol. The second kappa shape index (κ2) is 6.48. The number of nitrogens with one attached hydrogen (secondary N) is 1. The average molecular weight is 289 g/mol. The summed E-state index contributed by atoms with van der Waals surface area (Å²) in [5, 5.41) is 3.52. The molecular weight excluding hydrogens is 262 g/mol. The monoisotopic (exact) mass is 289 g/mol. The molecule has 0 saturated carbocycles. The number of benzene rings is 1. The van der Waals surface area contributed by atoms with Gasteiger partial charge in [0, 0.05) is 24.3 Å². The van der Waals surface area contributed by atoms with Gasteiger partial charge in [0.05, 0.1) is 0 Å². The van der Waals surface area contributed by atoms with Crippen LogP contribution in [0.25, 0.3) is 0 Å². The van der Waals surface area contributed by atoms with Gasteiger partial charge >= 0.3 is 0 Å². The van der Waals surface area contributed by atoms with E-state index in [1.165, 1.54) is 5.56 Å². The van der Waals surface area contributed by atoms with Crippen LogP contribution in [0.2, 0.25) is 0 Å². The van der Waals surface area contributed by atoms with E-state index in [-0.39, 0.29) is 17.5 Å². The second-order valence-electron chi connectivity index (χ2n) is 6.84. The first-order chi connectivity index (χ1) is 9.88. The summed E-state index contributed by atoms with van der Waals surface area (Å²) in [6, 6.07) is 8.13. The van der Waals surface area contributed by atoms with Gasteiger partial charge in [0.25, 0.3) is 0 Å². The summed E-state index contributed by atoms with van der Waals surface area (Å²) in [5.41, 5.74) is 8.02. The summed E-state index contributed by atoms with van der Waals surface area (Å²) in [6.07, 6.45) is 3.05. The molecule has 1 amide bonds. The van der Waals surface area contributed by atoms with E-state index in [1.807, 2.05) is 12.1 Å². The van der Waals surface area contributed by atoms with Crippen LogP contribution in [0, 0.1) is 0 Å². The summed E-state index contributed by atoms with van der Waals surface area (Å²) in [4.78, 5) is 13.9. The number of carbonyl (C=O) groups excluding carboxylic acids is 1. The molecule has 21 heavy (non-hydrogen) atoms. The molecule has 0 radical (unpaired) electrons. The Hall–Kier alpha value is -1.55. The Labute approximate surface area is 127 Å². The van der Waals surface area contributed by atoms with Crippen molar-refractivity contribution in [3.8, 4) is 0 Å². The molecule has 4 heteroatoms. The van der Waals surface area contributed by atoms with Gasteiger partial charge in [0.1, 0.15) is 6.04 Å². The lowest BCUT2D eigenvalue weighted by Crippen LogP contribution is -2.48. The maximum Gasteiger partial charge on any atom is 0.240 e. The number of hydrogen-bond donors (Lipinski definition) is 2. The van der Waals surface area contributed by atoms with Gasteiger partial charge in [-0.2, -0.15) is 0 Å². The average Bonchev–Trinajstić information content (AvgIpc) is 2.44. The quantitative estimate of drug-likeness (QED) is 0.895. The minimum Gasteiger partial charge on any atom is -0.368 e. The lowest BCUT2D eigenvalue weighted by molar-refractivity contribution is -0.119. The predicted octanol–water partition coefficient (Wildman–Crippen LogP) is 2.42. The summed E-state index contributed by atoms with van der Waals surface area (Å²) in [6.45, 7) is 8.16. The van der Waals surface area contributed by atoms with E-state index in [9.17, 15) is 4.79 Å². The van der Waals surface area contributed by atoms with E-state index in [2.05, 4.69) is 43.1 Å². The molecule has 1 atom stereocenters. The van der Waals surface area contributed by atoms with Crippen LogP contribution in [0.15, 0.2) is 24.3 Å². The number of primary amides is 1. The number of nitrogens with zero attached hydrogens (tertiary/aromatic N) is 1. The number of para-hydroxylation sites is 1. The molecule has 3 N–H and O–H groups in total. The number of piperidine rings is 1. The number of hydrogen-bond acceptors (Lipinski definition) is 3. The van der Waals surface area contributed by atoms with Gasteiger partial charge in [0.2, 0.25) is 5.91 Å². The first-order valence-electron chi connectivity index (χ1n) is 7.77. The summed E-state index contributed by atoms with van der Waals surface area (Å²) < 4.78 is 0. The highest BCUT2D eigenvalue weighted by Crippen LogP contribution is 2.28. The van der Waals surface area contributed by atoms with E-state index >= 15 is 0 Å². The summed E-state index contributed by atoms with van der Waals surface area (Å²) in [5.74, 6) is -0.215. The lowest BCUT2D eigenvalue weighted by Gasteiger charge is -2.37. The summed E-state index contributed by atoms with van der Waals surface area (Å²) >= 11 is 0. The molecule has 0 aromatic heterocycles. The lowest BCUT2D eigenvalue weighted by atomic mass is 9.99. The second-order valence-corrected chi connectivity index (χ2v) is 6.84. The van der Waals surface area contributed by atoms with Crippen molar-refractivity contribution in [2.75, 3.05) is 11.4 Å². The summed E-state index contributed by atoms with van der Waals surface area (Å²) in [7, 11) is 0. The minimum atomic E-state index is -0.215. The fourth-order valence-corrected chi connectivity index (χ4v) is 2.82. The Kier molecular flexibility index (Phi) is 4.88. The zero-order valence-corrected chi connectivity index (χ0v) is 13.4. The molecule has 1 heterocycles. The SMILES string of the molecule is CC(C)(C)NCc1ccccc1N1CCCCC1C(N)=O. The third-order valence-corrected chi connectivity index (χ3v) is 3.94. The molecule has 0 bridgehead atoms. The van der Waals surface area contributed by atoms with E-state index in [4.69, 9.17) is 5.73 Å². The van der Waals surface area contributed by atoms with Gasteiger partial charge in [-0.25, -0.2) is 0 Å². The molecule has 1 aliphatic rings. The molecule has 1 aliphatic heterocycles. The Morgan fingerprint density at radius 3 is 2.71 bits per heavy atom. The number of anilines is 1. The smallest absolute Gasteiger partial charge is 0.240 e. The van der Waals surface area contributed by atoms with Gasteiger partial charge in [0.15, 0.2) is 0 Å². The third kappa shape index (κ3) is 4.21. The van der Waals surface area contributed by atoms with Crippen LogP contribution in [-0.4, -0.2) is 24.0 Å². The highest BCUT2D eigenvalue weighted by Gasteiger charge is 2.28. The van der Waals surface area contributed by atoms with Crippen LogP contribution < -0.4 is 16.0 Å². The van der Waals surface area contributed by atoms with Crippen molar-refractivity contribution in [3.63, 3.8) is 0 Å². The van der Waals surface area contributed by atoms with Crippen molar-refractivity contribution in [3.05, 3.63) is 29.8 Å². The van der Waals surface area contributed by atoms with E-state index in [1.54, 1.807) is 0 Å². The first-order valence-corrected chi connectivity index (χ1v) is 7.77. The van der Waals surface area contributed by atoms with Crippen molar-refractivity contribution in [1.82, 2.24) is 5.32 Å². The van der Waals surface area contributed by atoms with Crippen LogP contribution >= 0.6 is 0 Å². The zero-order valence-electron chi connectivity index (χ0n) is 13.4.